The van der Waals surface area contributed by atoms with Crippen molar-refractivity contribution in [2.24, 2.45) is 0 Å². The summed E-state index contributed by atoms with van der Waals surface area (Å²) in [5, 5.41) is 3.27. The molecule has 0 radical (unpaired) electrons. The molecule has 0 spiro atoms. The van der Waals surface area contributed by atoms with Crippen molar-refractivity contribution in [2.45, 2.75) is 26.8 Å². The Balaban J connectivity index is 2.01. The van der Waals surface area contributed by atoms with Crippen LogP contribution >= 0.6 is 0 Å². The highest BCUT2D eigenvalue weighted by molar-refractivity contribution is 5.73. The number of hydrogen-bond donors (Lipinski definition) is 1. The maximum absolute atomic E-state index is 11.3. The fourth-order valence-corrected chi connectivity index (χ4v) is 2.15. The highest BCUT2D eigenvalue weighted by Gasteiger charge is 2.19. The average Bonchev–Trinajstić information content (AvgIpc) is 2.38. The summed E-state index contributed by atoms with van der Waals surface area (Å²) < 4.78 is 0. The number of hydrogen-bond acceptors (Lipinski definition) is 5. The minimum Gasteiger partial charge on any atom is -0.368 e. The number of nitrogens with zero attached hydrogens (tertiary/aromatic N) is 4. The second-order valence-electron chi connectivity index (χ2n) is 5.05. The van der Waals surface area contributed by atoms with Gasteiger partial charge in [0.2, 0.25) is 5.91 Å². The van der Waals surface area contributed by atoms with E-state index in [1.165, 1.54) is 0 Å². The van der Waals surface area contributed by atoms with Crippen LogP contribution in [0.15, 0.2) is 12.4 Å². The molecule has 0 atom stereocenters. The van der Waals surface area contributed by atoms with E-state index in [4.69, 9.17) is 0 Å². The van der Waals surface area contributed by atoms with E-state index >= 15 is 0 Å². The van der Waals surface area contributed by atoms with E-state index in [0.29, 0.717) is 6.04 Å². The van der Waals surface area contributed by atoms with Gasteiger partial charge < -0.3 is 15.1 Å². The van der Waals surface area contributed by atoms with E-state index in [1.807, 2.05) is 11.0 Å². The Labute approximate surface area is 113 Å². The fourth-order valence-electron chi connectivity index (χ4n) is 2.15. The highest BCUT2D eigenvalue weighted by Crippen LogP contribution is 2.16. The topological polar surface area (TPSA) is 61.4 Å². The van der Waals surface area contributed by atoms with Gasteiger partial charge in [0.25, 0.3) is 0 Å². The second-order valence-corrected chi connectivity index (χ2v) is 5.05. The summed E-state index contributed by atoms with van der Waals surface area (Å²) in [4.78, 5) is 23.9. The molecule has 1 aliphatic rings. The van der Waals surface area contributed by atoms with Gasteiger partial charge in [0.1, 0.15) is 18.0 Å². The molecule has 0 aromatic carbocycles. The van der Waals surface area contributed by atoms with Crippen LogP contribution in [-0.4, -0.2) is 53.0 Å². The van der Waals surface area contributed by atoms with E-state index in [1.54, 1.807) is 13.3 Å². The molecule has 1 fully saturated rings. The summed E-state index contributed by atoms with van der Waals surface area (Å²) in [6, 6.07) is 2.31. The van der Waals surface area contributed by atoms with Crippen LogP contribution < -0.4 is 10.2 Å². The quantitative estimate of drug-likeness (QED) is 0.880. The normalized spacial score (nSPS) is 15.8. The first-order valence-electron chi connectivity index (χ1n) is 6.65. The summed E-state index contributed by atoms with van der Waals surface area (Å²) in [6.07, 6.45) is 1.58. The minimum absolute atomic E-state index is 0.143. The van der Waals surface area contributed by atoms with Crippen molar-refractivity contribution in [3.05, 3.63) is 12.4 Å². The molecule has 1 aromatic rings. The number of carbonyl (C=O) groups is 1. The summed E-state index contributed by atoms with van der Waals surface area (Å²) in [5.74, 6) is 1.90. The first-order valence-corrected chi connectivity index (χ1v) is 6.65. The number of amides is 1. The predicted octanol–water partition coefficient (Wildman–Crippen LogP) is 0.965. The molecule has 1 N–H and O–H groups in total. The number of carbonyl (C=O) groups excluding carboxylic acids is 1. The van der Waals surface area contributed by atoms with E-state index in [0.717, 1.165) is 37.8 Å². The monoisotopic (exact) mass is 263 g/mol. The molecule has 6 heteroatoms. The van der Waals surface area contributed by atoms with Crippen LogP contribution in [0.5, 0.6) is 0 Å². The maximum Gasteiger partial charge on any atom is 0.219 e. The third kappa shape index (κ3) is 3.56. The largest absolute Gasteiger partial charge is 0.368 e. The lowest BCUT2D eigenvalue weighted by atomic mass is 10.3. The van der Waals surface area contributed by atoms with E-state index in [2.05, 4.69) is 34.0 Å². The molecule has 1 aliphatic heterocycles. The zero-order valence-corrected chi connectivity index (χ0v) is 11.8. The highest BCUT2D eigenvalue weighted by atomic mass is 16.2. The van der Waals surface area contributed by atoms with E-state index in [-0.39, 0.29) is 5.91 Å². The van der Waals surface area contributed by atoms with Crippen LogP contribution in [0.4, 0.5) is 11.6 Å². The predicted molar refractivity (Wildman–Crippen MR) is 75.3 cm³/mol. The van der Waals surface area contributed by atoms with Crippen LogP contribution in [0.25, 0.3) is 0 Å². The van der Waals surface area contributed by atoms with Gasteiger partial charge in [-0.3, -0.25) is 4.79 Å². The molecule has 6 nitrogen and oxygen atoms in total. The van der Waals surface area contributed by atoms with Gasteiger partial charge in [0.15, 0.2) is 0 Å². The van der Waals surface area contributed by atoms with E-state index in [9.17, 15) is 4.79 Å². The fraction of sp³-hybridized carbons (Fsp3) is 0.615. The third-order valence-electron chi connectivity index (χ3n) is 3.14. The van der Waals surface area contributed by atoms with Crippen molar-refractivity contribution in [3.8, 4) is 0 Å². The van der Waals surface area contributed by atoms with Crippen molar-refractivity contribution in [2.75, 3.05) is 36.4 Å². The third-order valence-corrected chi connectivity index (χ3v) is 3.14. The van der Waals surface area contributed by atoms with Gasteiger partial charge in [0.05, 0.1) is 0 Å². The Morgan fingerprint density at radius 3 is 2.53 bits per heavy atom. The van der Waals surface area contributed by atoms with Gasteiger partial charge >= 0.3 is 0 Å². The van der Waals surface area contributed by atoms with Gasteiger partial charge in [0, 0.05) is 45.2 Å². The summed E-state index contributed by atoms with van der Waals surface area (Å²) in [7, 11) is 0. The molecule has 19 heavy (non-hydrogen) atoms. The molecule has 2 rings (SSSR count). The van der Waals surface area contributed by atoms with Crippen LogP contribution in [0.2, 0.25) is 0 Å². The first-order chi connectivity index (χ1) is 9.06. The number of rotatable bonds is 3. The molecule has 0 unspecified atom stereocenters. The number of aromatic nitrogens is 2. The van der Waals surface area contributed by atoms with Gasteiger partial charge in [-0.1, -0.05) is 0 Å². The number of anilines is 2. The summed E-state index contributed by atoms with van der Waals surface area (Å²) in [5.41, 5.74) is 0. The van der Waals surface area contributed by atoms with Crippen LogP contribution in [-0.2, 0) is 4.79 Å². The van der Waals surface area contributed by atoms with E-state index < -0.39 is 0 Å². The standard InChI is InChI=1S/C13H21N5O/c1-10(2)16-12-8-13(15-9-14-12)18-6-4-17(5-7-18)11(3)19/h8-10H,4-7H2,1-3H3,(H,14,15,16). The minimum atomic E-state index is 0.143. The Kier molecular flexibility index (Phi) is 4.19. The number of piperazine rings is 1. The van der Waals surface area contributed by atoms with Crippen LogP contribution in [0, 0.1) is 0 Å². The van der Waals surface area contributed by atoms with Crippen molar-refractivity contribution in [1.82, 2.24) is 14.9 Å². The lowest BCUT2D eigenvalue weighted by molar-refractivity contribution is -0.129. The second kappa shape index (κ2) is 5.86. The summed E-state index contributed by atoms with van der Waals surface area (Å²) in [6.45, 7) is 8.92. The van der Waals surface area contributed by atoms with Gasteiger partial charge in [-0.15, -0.1) is 0 Å². The maximum atomic E-state index is 11.3. The lowest BCUT2D eigenvalue weighted by Gasteiger charge is -2.34. The first kappa shape index (κ1) is 13.6. The van der Waals surface area contributed by atoms with Crippen molar-refractivity contribution < 1.29 is 4.79 Å². The average molecular weight is 263 g/mol. The zero-order valence-electron chi connectivity index (χ0n) is 11.8. The van der Waals surface area contributed by atoms with Crippen molar-refractivity contribution in [3.63, 3.8) is 0 Å². The molecular formula is C13H21N5O. The summed E-state index contributed by atoms with van der Waals surface area (Å²) >= 11 is 0. The van der Waals surface area contributed by atoms with Gasteiger partial charge in [-0.05, 0) is 13.8 Å². The zero-order chi connectivity index (χ0) is 13.8. The SMILES string of the molecule is CC(=O)N1CCN(c2cc(NC(C)C)ncn2)CC1. The molecular weight excluding hydrogens is 242 g/mol. The molecule has 0 saturated carbocycles. The van der Waals surface area contributed by atoms with Gasteiger partial charge in [-0.2, -0.15) is 0 Å². The molecule has 0 aliphatic carbocycles. The molecule has 0 bridgehead atoms. The Bertz CT molecular complexity index is 440. The van der Waals surface area contributed by atoms with Crippen LogP contribution in [0.3, 0.4) is 0 Å². The number of nitrogens with one attached hydrogen (secondary N) is 1. The smallest absolute Gasteiger partial charge is 0.219 e. The molecule has 2 heterocycles. The van der Waals surface area contributed by atoms with Crippen molar-refractivity contribution >= 4 is 17.5 Å². The molecule has 1 aromatic heterocycles. The van der Waals surface area contributed by atoms with Crippen LogP contribution in [0.1, 0.15) is 20.8 Å². The van der Waals surface area contributed by atoms with Crippen molar-refractivity contribution in [1.29, 1.82) is 0 Å². The molecule has 1 amide bonds. The Morgan fingerprint density at radius 1 is 1.26 bits per heavy atom. The molecule has 104 valence electrons. The Hall–Kier alpha value is -1.85. The molecule has 1 saturated heterocycles. The lowest BCUT2D eigenvalue weighted by Crippen LogP contribution is -2.48. The Morgan fingerprint density at radius 2 is 1.95 bits per heavy atom. The van der Waals surface area contributed by atoms with Gasteiger partial charge in [-0.25, -0.2) is 9.97 Å².